The standard InChI is InChI=1S/C15H14BrF3O2/c1-4-12(21-14(20)13(16)9(2)3)10-6-5-7-11(8-10)15(17,18)19/h1,5-9,12-13H,2-3H3. The molecule has 1 rings (SSSR count). The number of hydrogen-bond acceptors (Lipinski definition) is 2. The fourth-order valence-corrected chi connectivity index (χ4v) is 1.64. The highest BCUT2D eigenvalue weighted by Crippen LogP contribution is 2.31. The molecule has 1 aromatic rings. The second kappa shape index (κ2) is 6.99. The lowest BCUT2D eigenvalue weighted by Crippen LogP contribution is -2.24. The Kier molecular flexibility index (Phi) is 5.85. The van der Waals surface area contributed by atoms with Crippen LogP contribution in [0.5, 0.6) is 0 Å². The maximum absolute atomic E-state index is 12.7. The molecule has 0 saturated carbocycles. The van der Waals surface area contributed by atoms with Crippen molar-refractivity contribution in [3.8, 4) is 12.3 Å². The van der Waals surface area contributed by atoms with Crippen molar-refractivity contribution in [1.29, 1.82) is 0 Å². The molecule has 1 aromatic carbocycles. The summed E-state index contributed by atoms with van der Waals surface area (Å²) in [7, 11) is 0. The highest BCUT2D eigenvalue weighted by atomic mass is 79.9. The monoisotopic (exact) mass is 362 g/mol. The maximum atomic E-state index is 12.7. The summed E-state index contributed by atoms with van der Waals surface area (Å²) in [6, 6.07) is 4.44. The molecule has 2 atom stereocenters. The van der Waals surface area contributed by atoms with E-state index in [1.54, 1.807) is 13.8 Å². The van der Waals surface area contributed by atoms with E-state index in [1.165, 1.54) is 12.1 Å². The first kappa shape index (κ1) is 17.6. The summed E-state index contributed by atoms with van der Waals surface area (Å²) in [6.07, 6.45) is -0.367. The van der Waals surface area contributed by atoms with Crippen molar-refractivity contribution >= 4 is 21.9 Å². The minimum Gasteiger partial charge on any atom is -0.443 e. The Balaban J connectivity index is 2.97. The maximum Gasteiger partial charge on any atom is 0.416 e. The van der Waals surface area contributed by atoms with Crippen molar-refractivity contribution in [2.75, 3.05) is 0 Å². The smallest absolute Gasteiger partial charge is 0.416 e. The van der Waals surface area contributed by atoms with Gasteiger partial charge in [-0.15, -0.1) is 6.42 Å². The van der Waals surface area contributed by atoms with Gasteiger partial charge in [-0.1, -0.05) is 47.8 Å². The van der Waals surface area contributed by atoms with Gasteiger partial charge in [-0.2, -0.15) is 13.2 Å². The fourth-order valence-electron chi connectivity index (χ4n) is 1.53. The van der Waals surface area contributed by atoms with Crippen molar-refractivity contribution in [3.63, 3.8) is 0 Å². The van der Waals surface area contributed by atoms with Crippen LogP contribution in [0.1, 0.15) is 31.1 Å². The Labute approximate surface area is 129 Å². The Morgan fingerprint density at radius 3 is 2.48 bits per heavy atom. The molecule has 0 bridgehead atoms. The molecule has 0 aromatic heterocycles. The molecule has 0 amide bonds. The van der Waals surface area contributed by atoms with Gasteiger partial charge in [0.1, 0.15) is 4.83 Å². The van der Waals surface area contributed by atoms with Gasteiger partial charge in [0.25, 0.3) is 0 Å². The minimum atomic E-state index is -4.48. The quantitative estimate of drug-likeness (QED) is 0.452. The third-order valence-electron chi connectivity index (χ3n) is 2.71. The normalized spacial score (nSPS) is 14.4. The van der Waals surface area contributed by atoms with Crippen LogP contribution < -0.4 is 0 Å². The molecule has 0 aliphatic rings. The zero-order valence-corrected chi connectivity index (χ0v) is 13.0. The van der Waals surface area contributed by atoms with Gasteiger partial charge in [-0.25, -0.2) is 0 Å². The first-order valence-electron chi connectivity index (χ1n) is 6.14. The number of alkyl halides is 4. The molecule has 0 fully saturated rings. The molecule has 0 radical (unpaired) electrons. The fraction of sp³-hybridized carbons (Fsp3) is 0.400. The molecule has 0 aliphatic heterocycles. The van der Waals surface area contributed by atoms with Crippen LogP contribution in [0.25, 0.3) is 0 Å². The number of halogens is 4. The lowest BCUT2D eigenvalue weighted by molar-refractivity contribution is -0.146. The van der Waals surface area contributed by atoms with Crippen LogP contribution in [0.15, 0.2) is 24.3 Å². The summed E-state index contributed by atoms with van der Waals surface area (Å²) in [4.78, 5) is 11.3. The van der Waals surface area contributed by atoms with Crippen LogP contribution in [0.3, 0.4) is 0 Å². The minimum absolute atomic E-state index is 0.0302. The van der Waals surface area contributed by atoms with Crippen LogP contribution in [-0.2, 0) is 15.7 Å². The summed E-state index contributed by atoms with van der Waals surface area (Å²) < 4.78 is 43.1. The number of hydrogen-bond donors (Lipinski definition) is 0. The Hall–Kier alpha value is -1.48. The van der Waals surface area contributed by atoms with Gasteiger partial charge in [0.05, 0.1) is 5.56 Å². The molecular formula is C15H14BrF3O2. The summed E-state index contributed by atoms with van der Waals surface area (Å²) in [5.41, 5.74) is -0.723. The van der Waals surface area contributed by atoms with Gasteiger partial charge in [0, 0.05) is 5.56 Å². The van der Waals surface area contributed by atoms with Crippen LogP contribution in [-0.4, -0.2) is 10.8 Å². The van der Waals surface area contributed by atoms with Crippen LogP contribution in [0.2, 0.25) is 0 Å². The van der Waals surface area contributed by atoms with Crippen molar-refractivity contribution in [1.82, 2.24) is 0 Å². The molecule has 0 heterocycles. The largest absolute Gasteiger partial charge is 0.443 e. The topological polar surface area (TPSA) is 26.3 Å². The van der Waals surface area contributed by atoms with Crippen molar-refractivity contribution in [3.05, 3.63) is 35.4 Å². The Morgan fingerprint density at radius 2 is 2.00 bits per heavy atom. The van der Waals surface area contributed by atoms with E-state index >= 15 is 0 Å². The highest BCUT2D eigenvalue weighted by molar-refractivity contribution is 9.10. The van der Waals surface area contributed by atoms with Crippen LogP contribution >= 0.6 is 15.9 Å². The number of terminal acetylenes is 1. The molecular weight excluding hydrogens is 349 g/mol. The van der Waals surface area contributed by atoms with Gasteiger partial charge in [0.15, 0.2) is 6.10 Å². The summed E-state index contributed by atoms with van der Waals surface area (Å²) >= 11 is 3.16. The molecule has 114 valence electrons. The van der Waals surface area contributed by atoms with Crippen molar-refractivity contribution in [2.24, 2.45) is 5.92 Å². The highest BCUT2D eigenvalue weighted by Gasteiger charge is 2.31. The van der Waals surface area contributed by atoms with Gasteiger partial charge in [-0.05, 0) is 18.1 Å². The molecule has 2 unspecified atom stereocenters. The first-order chi connectivity index (χ1) is 9.66. The number of rotatable bonds is 4. The third-order valence-corrected chi connectivity index (χ3v) is 4.14. The van der Waals surface area contributed by atoms with E-state index in [2.05, 4.69) is 21.9 Å². The van der Waals surface area contributed by atoms with Crippen LogP contribution in [0, 0.1) is 18.3 Å². The van der Waals surface area contributed by atoms with Crippen molar-refractivity contribution < 1.29 is 22.7 Å². The second-order valence-electron chi connectivity index (χ2n) is 4.75. The van der Waals surface area contributed by atoms with E-state index in [9.17, 15) is 18.0 Å². The second-order valence-corrected chi connectivity index (χ2v) is 5.74. The molecule has 0 saturated heterocycles. The van der Waals surface area contributed by atoms with Gasteiger partial charge >= 0.3 is 12.1 Å². The molecule has 0 spiro atoms. The van der Waals surface area contributed by atoms with Gasteiger partial charge in [0.2, 0.25) is 0 Å². The van der Waals surface area contributed by atoms with E-state index in [1.807, 2.05) is 0 Å². The Bertz CT molecular complexity index is 547. The summed E-state index contributed by atoms with van der Waals surface area (Å²) in [5, 5.41) is 0. The number of benzene rings is 1. The average molecular weight is 363 g/mol. The molecule has 2 nitrogen and oxygen atoms in total. The zero-order valence-electron chi connectivity index (χ0n) is 11.4. The number of ether oxygens (including phenoxy) is 1. The van der Waals surface area contributed by atoms with Gasteiger partial charge < -0.3 is 4.74 Å². The van der Waals surface area contributed by atoms with Crippen molar-refractivity contribution in [2.45, 2.75) is 31.0 Å². The van der Waals surface area contributed by atoms with E-state index < -0.39 is 28.6 Å². The third kappa shape index (κ3) is 4.78. The Morgan fingerprint density at radius 1 is 1.38 bits per heavy atom. The number of carbonyl (C=O) groups is 1. The number of esters is 1. The predicted molar refractivity (Wildman–Crippen MR) is 76.7 cm³/mol. The summed E-state index contributed by atoms with van der Waals surface area (Å²) in [5.74, 6) is 1.55. The van der Waals surface area contributed by atoms with E-state index in [0.29, 0.717) is 0 Å². The SMILES string of the molecule is C#CC(OC(=O)C(Br)C(C)C)c1cccc(C(F)(F)F)c1. The van der Waals surface area contributed by atoms with Crippen LogP contribution in [0.4, 0.5) is 13.2 Å². The summed E-state index contributed by atoms with van der Waals surface area (Å²) in [6.45, 7) is 3.60. The van der Waals surface area contributed by atoms with E-state index in [-0.39, 0.29) is 11.5 Å². The molecule has 6 heteroatoms. The molecule has 21 heavy (non-hydrogen) atoms. The predicted octanol–water partition coefficient (Wildman–Crippen LogP) is 4.34. The number of carbonyl (C=O) groups excluding carboxylic acids is 1. The lowest BCUT2D eigenvalue weighted by atomic mass is 10.1. The molecule has 0 N–H and O–H groups in total. The zero-order chi connectivity index (χ0) is 16.2. The van der Waals surface area contributed by atoms with E-state index in [4.69, 9.17) is 11.2 Å². The van der Waals surface area contributed by atoms with E-state index in [0.717, 1.165) is 12.1 Å². The average Bonchev–Trinajstić information content (AvgIpc) is 2.42. The first-order valence-corrected chi connectivity index (χ1v) is 7.06. The lowest BCUT2D eigenvalue weighted by Gasteiger charge is -2.18. The molecule has 0 aliphatic carbocycles. The van der Waals surface area contributed by atoms with Gasteiger partial charge in [-0.3, -0.25) is 4.79 Å².